The van der Waals surface area contributed by atoms with Crippen molar-refractivity contribution in [3.8, 4) is 27.9 Å². The first-order chi connectivity index (χ1) is 30.5. The Morgan fingerprint density at radius 3 is 1.74 bits per heavy atom. The third-order valence-electron chi connectivity index (χ3n) is 15.3. The Hall–Kier alpha value is -6.42. The first kappa shape index (κ1) is 36.3. The van der Waals surface area contributed by atoms with Gasteiger partial charge in [-0.2, -0.15) is 0 Å². The number of anilines is 3. The highest BCUT2D eigenvalue weighted by molar-refractivity contribution is 7.25. The van der Waals surface area contributed by atoms with Gasteiger partial charge in [0.15, 0.2) is 0 Å². The molecule has 0 N–H and O–H groups in total. The summed E-state index contributed by atoms with van der Waals surface area (Å²) in [6.07, 6.45) is 7.02. The summed E-state index contributed by atoms with van der Waals surface area (Å²) in [4.78, 5) is 2.45. The zero-order valence-electron chi connectivity index (χ0n) is 35.0. The average molecular weight is 817 g/mol. The van der Waals surface area contributed by atoms with Crippen molar-refractivity contribution < 1.29 is 0 Å². The lowest BCUT2D eigenvalue weighted by atomic mass is 9.63. The molecule has 3 heteroatoms. The van der Waals surface area contributed by atoms with Crippen LogP contribution in [0, 0.1) is 23.7 Å². The summed E-state index contributed by atoms with van der Waals surface area (Å²) in [5.74, 6) is 3.68. The fourth-order valence-electron chi connectivity index (χ4n) is 12.5. The smallest absolute Gasteiger partial charge is 0.0541 e. The van der Waals surface area contributed by atoms with Gasteiger partial charge in [-0.1, -0.05) is 116 Å². The molecule has 0 saturated heterocycles. The first-order valence-electron chi connectivity index (χ1n) is 22.7. The number of thiophene rings is 1. The van der Waals surface area contributed by atoms with Crippen LogP contribution in [0.4, 0.5) is 17.1 Å². The summed E-state index contributed by atoms with van der Waals surface area (Å²) >= 11 is 1.88. The van der Waals surface area contributed by atoms with Gasteiger partial charge in [-0.05, 0) is 168 Å². The van der Waals surface area contributed by atoms with Gasteiger partial charge in [-0.15, -0.1) is 11.3 Å². The van der Waals surface area contributed by atoms with Crippen LogP contribution in [0.2, 0.25) is 0 Å². The molecular weight excluding hydrogens is 769 g/mol. The van der Waals surface area contributed by atoms with E-state index in [0.717, 1.165) is 35.0 Å². The minimum atomic E-state index is 0.343. The molecule has 0 aliphatic heterocycles. The summed E-state index contributed by atoms with van der Waals surface area (Å²) in [5, 5.41) is 5.24. The first-order valence-corrected chi connectivity index (χ1v) is 23.5. The predicted molar refractivity (Wildman–Crippen MR) is 264 cm³/mol. The van der Waals surface area contributed by atoms with Crippen LogP contribution in [-0.2, 0) is 5.41 Å². The molecule has 13 rings (SSSR count). The molecule has 3 fully saturated rings. The second-order valence-electron chi connectivity index (χ2n) is 18.9. The fourth-order valence-corrected chi connectivity index (χ4v) is 13.6. The summed E-state index contributed by atoms with van der Waals surface area (Å²) < 4.78 is 5.09. The van der Waals surface area contributed by atoms with E-state index in [9.17, 15) is 0 Å². The van der Waals surface area contributed by atoms with Gasteiger partial charge >= 0.3 is 0 Å². The number of para-hydroxylation sites is 2. The van der Waals surface area contributed by atoms with E-state index in [-0.39, 0.29) is 0 Å². The molecule has 2 heterocycles. The molecule has 2 nitrogen and oxygen atoms in total. The van der Waals surface area contributed by atoms with Crippen molar-refractivity contribution in [2.45, 2.75) is 44.4 Å². The molecule has 300 valence electrons. The summed E-state index contributed by atoms with van der Waals surface area (Å²) in [6.45, 7) is 2.51. The monoisotopic (exact) mass is 816 g/mol. The number of nitrogens with zero attached hydrogens (tertiary/aromatic N) is 2. The highest BCUT2D eigenvalue weighted by Gasteiger charge is 2.57. The van der Waals surface area contributed by atoms with Gasteiger partial charge in [-0.25, -0.2) is 0 Å². The fraction of sp³-hybridized carbons (Fsp3) is 0.186. The van der Waals surface area contributed by atoms with Crippen LogP contribution in [0.15, 0.2) is 188 Å². The van der Waals surface area contributed by atoms with Crippen molar-refractivity contribution in [2.75, 3.05) is 4.90 Å². The standard InChI is InChI=1S/C59H48N2S/c1-38-31-43-32-44-36-59(35-38,37-54(43)44)45-22-28-48(29-23-45)60(47-26-19-40(20-27-47)42-21-30-58-53(34-42)52-13-4-7-16-57(52)62-58)46-24-17-39(18-25-46)41-9-8-10-49(33-41)61-55-14-5-2-11-50(55)51-12-3-6-15-56(51)61/h2-30,33-34,38,43-44,54H,31-32,35-37H2,1H3/t38-,43?,44?,54+,59?/m0/s1. The Morgan fingerprint density at radius 1 is 0.468 bits per heavy atom. The number of aromatic nitrogens is 1. The molecule has 2 bridgehead atoms. The van der Waals surface area contributed by atoms with Gasteiger partial charge in [0.1, 0.15) is 0 Å². The summed E-state index contributed by atoms with van der Waals surface area (Å²) in [7, 11) is 0. The van der Waals surface area contributed by atoms with Gasteiger partial charge in [0, 0.05) is 53.7 Å². The summed E-state index contributed by atoms with van der Waals surface area (Å²) in [5.41, 5.74) is 13.9. The van der Waals surface area contributed by atoms with Crippen LogP contribution in [0.3, 0.4) is 0 Å². The lowest BCUT2D eigenvalue weighted by Gasteiger charge is -2.42. The van der Waals surface area contributed by atoms with Crippen LogP contribution in [-0.4, -0.2) is 4.57 Å². The molecule has 3 saturated carbocycles. The van der Waals surface area contributed by atoms with Crippen molar-refractivity contribution >= 4 is 70.4 Å². The van der Waals surface area contributed by atoms with Gasteiger partial charge in [0.25, 0.3) is 0 Å². The van der Waals surface area contributed by atoms with Crippen LogP contribution in [0.25, 0.3) is 69.9 Å². The maximum absolute atomic E-state index is 2.51. The zero-order valence-corrected chi connectivity index (χ0v) is 35.9. The van der Waals surface area contributed by atoms with Crippen molar-refractivity contribution in [1.29, 1.82) is 0 Å². The molecule has 3 aliphatic rings. The van der Waals surface area contributed by atoms with Crippen LogP contribution in [0.1, 0.15) is 44.6 Å². The maximum Gasteiger partial charge on any atom is 0.0541 e. The van der Waals surface area contributed by atoms with Gasteiger partial charge in [0.2, 0.25) is 0 Å². The van der Waals surface area contributed by atoms with E-state index in [2.05, 4.69) is 204 Å². The zero-order chi connectivity index (χ0) is 40.9. The molecule has 0 amide bonds. The normalized spacial score (nSPS) is 21.7. The largest absolute Gasteiger partial charge is 0.311 e. The predicted octanol–water partition coefficient (Wildman–Crippen LogP) is 16.7. The third-order valence-corrected chi connectivity index (χ3v) is 16.4. The van der Waals surface area contributed by atoms with Crippen molar-refractivity contribution in [3.63, 3.8) is 0 Å². The number of fused-ring (bicyclic) bond motifs is 7. The van der Waals surface area contributed by atoms with E-state index in [0.29, 0.717) is 5.41 Å². The van der Waals surface area contributed by atoms with Crippen LogP contribution in [0.5, 0.6) is 0 Å². The molecule has 0 radical (unpaired) electrons. The minimum Gasteiger partial charge on any atom is -0.311 e. The lowest BCUT2D eigenvalue weighted by Crippen LogP contribution is -2.34. The average Bonchev–Trinajstić information content (AvgIpc) is 3.93. The maximum atomic E-state index is 2.51. The number of benzene rings is 8. The van der Waals surface area contributed by atoms with E-state index < -0.39 is 0 Å². The molecule has 3 unspecified atom stereocenters. The molecule has 10 aromatic rings. The van der Waals surface area contributed by atoms with Crippen LogP contribution >= 0.6 is 11.3 Å². The molecule has 3 aliphatic carbocycles. The van der Waals surface area contributed by atoms with Crippen LogP contribution < -0.4 is 4.90 Å². The van der Waals surface area contributed by atoms with E-state index >= 15 is 0 Å². The quantitative estimate of drug-likeness (QED) is 0.156. The van der Waals surface area contributed by atoms with Gasteiger partial charge in [-0.3, -0.25) is 0 Å². The van der Waals surface area contributed by atoms with E-state index in [1.165, 1.54) is 108 Å². The second kappa shape index (κ2) is 14.1. The molecule has 8 aromatic carbocycles. The Morgan fingerprint density at radius 2 is 1.05 bits per heavy atom. The van der Waals surface area contributed by atoms with Gasteiger partial charge < -0.3 is 9.47 Å². The molecule has 2 aromatic heterocycles. The summed E-state index contributed by atoms with van der Waals surface area (Å²) in [6, 6.07) is 70.4. The molecule has 5 atom stereocenters. The Kier molecular flexibility index (Phi) is 8.22. The highest BCUT2D eigenvalue weighted by Crippen LogP contribution is 2.65. The lowest BCUT2D eigenvalue weighted by molar-refractivity contribution is 0.0780. The molecular formula is C59H48N2S. The molecule has 62 heavy (non-hydrogen) atoms. The Labute approximate surface area is 367 Å². The second-order valence-corrected chi connectivity index (χ2v) is 19.9. The number of hydrogen-bond donors (Lipinski definition) is 0. The topological polar surface area (TPSA) is 8.17 Å². The Bertz CT molecular complexity index is 3260. The van der Waals surface area contributed by atoms with E-state index in [4.69, 9.17) is 0 Å². The minimum absolute atomic E-state index is 0.343. The number of hydrogen-bond acceptors (Lipinski definition) is 2. The number of rotatable bonds is 7. The van der Waals surface area contributed by atoms with Crippen molar-refractivity contribution in [1.82, 2.24) is 4.57 Å². The van der Waals surface area contributed by atoms with Crippen molar-refractivity contribution in [3.05, 3.63) is 194 Å². The van der Waals surface area contributed by atoms with E-state index in [1.54, 1.807) is 5.56 Å². The van der Waals surface area contributed by atoms with E-state index in [1.807, 2.05) is 11.3 Å². The van der Waals surface area contributed by atoms with Crippen molar-refractivity contribution in [2.24, 2.45) is 23.7 Å². The molecule has 0 spiro atoms. The SMILES string of the molecule is C[C@H]1CC2CC3CC(c4ccc(N(c5ccc(-c6cccc(-n7c8ccccc8c8ccccc87)c6)cc5)c5ccc(-c6ccc7sc8ccccc8c7c6)cc5)cc4)(C1)C[C@H]23. The van der Waals surface area contributed by atoms with Gasteiger partial charge in [0.05, 0.1) is 11.0 Å². The third kappa shape index (κ3) is 5.74. The highest BCUT2D eigenvalue weighted by atomic mass is 32.1. The Balaban J connectivity index is 0.869.